The third-order valence-electron chi connectivity index (χ3n) is 3.48. The van der Waals surface area contributed by atoms with Gasteiger partial charge in [-0.25, -0.2) is 4.98 Å². The summed E-state index contributed by atoms with van der Waals surface area (Å²) in [6.45, 7) is 2.94. The number of hydrogen-bond donors (Lipinski definition) is 1. The zero-order valence-electron chi connectivity index (χ0n) is 12.0. The third kappa shape index (κ3) is 3.63. The summed E-state index contributed by atoms with van der Waals surface area (Å²) in [6, 6.07) is 14.4. The molecule has 0 spiro atoms. The number of fused-ring (bicyclic) bond motifs is 1. The fourth-order valence-corrected chi connectivity index (χ4v) is 2.65. The van der Waals surface area contributed by atoms with Gasteiger partial charge in [0.05, 0.1) is 5.69 Å². The fourth-order valence-electron chi connectivity index (χ4n) is 2.44. The molecule has 1 N–H and O–H groups in total. The van der Waals surface area contributed by atoms with Crippen molar-refractivity contribution in [2.75, 3.05) is 0 Å². The van der Waals surface area contributed by atoms with E-state index in [2.05, 4.69) is 29.5 Å². The lowest BCUT2D eigenvalue weighted by Crippen LogP contribution is -2.27. The van der Waals surface area contributed by atoms with Crippen molar-refractivity contribution in [1.82, 2.24) is 14.7 Å². The average molecular weight is 300 g/mol. The van der Waals surface area contributed by atoms with Crippen LogP contribution >= 0.6 is 11.6 Å². The third-order valence-corrected chi connectivity index (χ3v) is 3.71. The fraction of sp³-hybridized carbons (Fsp3) is 0.235. The Morgan fingerprint density at radius 2 is 2.14 bits per heavy atom. The van der Waals surface area contributed by atoms with Gasteiger partial charge in [0.2, 0.25) is 0 Å². The second-order valence-electron chi connectivity index (χ2n) is 5.31. The summed E-state index contributed by atoms with van der Waals surface area (Å²) in [7, 11) is 0. The van der Waals surface area contributed by atoms with E-state index in [9.17, 15) is 0 Å². The van der Waals surface area contributed by atoms with Crippen LogP contribution in [0.15, 0.2) is 54.9 Å². The van der Waals surface area contributed by atoms with Gasteiger partial charge < -0.3 is 9.72 Å². The number of pyridine rings is 1. The minimum Gasteiger partial charge on any atom is -0.308 e. The predicted octanol–water partition coefficient (Wildman–Crippen LogP) is 3.71. The Hall–Kier alpha value is -1.84. The lowest BCUT2D eigenvalue weighted by atomic mass is 10.1. The smallest absolute Gasteiger partial charge is 0.137 e. The molecule has 1 atom stereocenters. The van der Waals surface area contributed by atoms with Crippen molar-refractivity contribution >= 4 is 17.2 Å². The normalized spacial score (nSPS) is 12.7. The molecule has 0 radical (unpaired) electrons. The molecule has 3 nitrogen and oxygen atoms in total. The van der Waals surface area contributed by atoms with Crippen LogP contribution in [0.3, 0.4) is 0 Å². The van der Waals surface area contributed by atoms with E-state index in [0.29, 0.717) is 6.04 Å². The Kier molecular flexibility index (Phi) is 4.23. The van der Waals surface area contributed by atoms with Crippen molar-refractivity contribution in [1.29, 1.82) is 0 Å². The van der Waals surface area contributed by atoms with Crippen LogP contribution in [0, 0.1) is 0 Å². The SMILES string of the molecule is CC(Cc1cccc(Cl)c1)NCc1cn2ccccc2n1. The van der Waals surface area contributed by atoms with Gasteiger partial charge in [0.15, 0.2) is 0 Å². The lowest BCUT2D eigenvalue weighted by molar-refractivity contribution is 0.541. The predicted molar refractivity (Wildman–Crippen MR) is 86.6 cm³/mol. The largest absolute Gasteiger partial charge is 0.308 e. The zero-order chi connectivity index (χ0) is 14.7. The number of rotatable bonds is 5. The summed E-state index contributed by atoms with van der Waals surface area (Å²) < 4.78 is 2.04. The van der Waals surface area contributed by atoms with Gasteiger partial charge in [-0.3, -0.25) is 0 Å². The summed E-state index contributed by atoms with van der Waals surface area (Å²) >= 11 is 6.01. The van der Waals surface area contributed by atoms with Crippen LogP contribution in [0.4, 0.5) is 0 Å². The first-order chi connectivity index (χ1) is 10.2. The minimum atomic E-state index is 0.369. The molecular formula is C17H18ClN3. The molecule has 108 valence electrons. The Bertz CT molecular complexity index is 702. The first-order valence-electron chi connectivity index (χ1n) is 7.11. The summed E-state index contributed by atoms with van der Waals surface area (Å²) in [4.78, 5) is 4.59. The molecule has 0 aliphatic heterocycles. The van der Waals surface area contributed by atoms with E-state index in [1.165, 1.54) is 5.56 Å². The highest BCUT2D eigenvalue weighted by molar-refractivity contribution is 6.30. The van der Waals surface area contributed by atoms with Gasteiger partial charge in [0.1, 0.15) is 5.65 Å². The Balaban J connectivity index is 1.59. The number of halogens is 1. The molecule has 2 aromatic heterocycles. The molecular weight excluding hydrogens is 282 g/mol. The summed E-state index contributed by atoms with van der Waals surface area (Å²) in [6.07, 6.45) is 5.03. The van der Waals surface area contributed by atoms with Crippen LogP contribution in [0.1, 0.15) is 18.2 Å². The summed E-state index contributed by atoms with van der Waals surface area (Å²) in [5, 5.41) is 4.30. The minimum absolute atomic E-state index is 0.369. The molecule has 0 fully saturated rings. The Morgan fingerprint density at radius 1 is 1.24 bits per heavy atom. The standard InChI is InChI=1S/C17H18ClN3/c1-13(9-14-5-4-6-15(18)10-14)19-11-16-12-21-8-3-2-7-17(21)20-16/h2-8,10,12-13,19H,9,11H2,1H3. The van der Waals surface area contributed by atoms with Gasteiger partial charge in [-0.15, -0.1) is 0 Å². The highest BCUT2D eigenvalue weighted by Crippen LogP contribution is 2.12. The number of nitrogens with one attached hydrogen (secondary N) is 1. The van der Waals surface area contributed by atoms with E-state index in [0.717, 1.165) is 29.3 Å². The van der Waals surface area contributed by atoms with Crippen LogP contribution in [-0.4, -0.2) is 15.4 Å². The lowest BCUT2D eigenvalue weighted by Gasteiger charge is -2.13. The van der Waals surface area contributed by atoms with Crippen molar-refractivity contribution in [2.24, 2.45) is 0 Å². The zero-order valence-corrected chi connectivity index (χ0v) is 12.7. The maximum Gasteiger partial charge on any atom is 0.137 e. The first kappa shape index (κ1) is 14.1. The Morgan fingerprint density at radius 3 is 2.95 bits per heavy atom. The first-order valence-corrected chi connectivity index (χ1v) is 7.49. The van der Waals surface area contributed by atoms with E-state index in [-0.39, 0.29) is 0 Å². The van der Waals surface area contributed by atoms with Crippen molar-refractivity contribution in [2.45, 2.75) is 25.9 Å². The van der Waals surface area contributed by atoms with Crippen molar-refractivity contribution in [3.05, 3.63) is 71.1 Å². The van der Waals surface area contributed by atoms with Gasteiger partial charge in [-0.1, -0.05) is 29.8 Å². The van der Waals surface area contributed by atoms with Crippen LogP contribution < -0.4 is 5.32 Å². The molecule has 1 aromatic carbocycles. The van der Waals surface area contributed by atoms with Crippen molar-refractivity contribution < 1.29 is 0 Å². The number of imidazole rings is 1. The van der Waals surface area contributed by atoms with Gasteiger partial charge in [-0.2, -0.15) is 0 Å². The second-order valence-corrected chi connectivity index (χ2v) is 5.75. The maximum absolute atomic E-state index is 6.01. The summed E-state index contributed by atoms with van der Waals surface area (Å²) in [5.74, 6) is 0. The molecule has 1 unspecified atom stereocenters. The highest BCUT2D eigenvalue weighted by Gasteiger charge is 2.06. The van der Waals surface area contributed by atoms with Gasteiger partial charge in [0, 0.05) is 30.0 Å². The monoisotopic (exact) mass is 299 g/mol. The number of benzene rings is 1. The molecule has 0 aliphatic rings. The molecule has 21 heavy (non-hydrogen) atoms. The molecule has 3 aromatic rings. The van der Waals surface area contributed by atoms with Crippen LogP contribution in [-0.2, 0) is 13.0 Å². The quantitative estimate of drug-likeness (QED) is 0.778. The van der Waals surface area contributed by atoms with E-state index in [1.54, 1.807) is 0 Å². The molecule has 0 saturated carbocycles. The number of hydrogen-bond acceptors (Lipinski definition) is 2. The topological polar surface area (TPSA) is 29.3 Å². The van der Waals surface area contributed by atoms with E-state index in [4.69, 9.17) is 11.6 Å². The molecule has 0 amide bonds. The second kappa shape index (κ2) is 6.29. The van der Waals surface area contributed by atoms with Gasteiger partial charge in [-0.05, 0) is 43.2 Å². The van der Waals surface area contributed by atoms with Crippen molar-refractivity contribution in [3.8, 4) is 0 Å². The number of aromatic nitrogens is 2. The molecule has 0 bridgehead atoms. The van der Waals surface area contributed by atoms with E-state index < -0.39 is 0 Å². The van der Waals surface area contributed by atoms with Crippen LogP contribution in [0.5, 0.6) is 0 Å². The summed E-state index contributed by atoms with van der Waals surface area (Å²) in [5.41, 5.74) is 3.29. The van der Waals surface area contributed by atoms with Crippen molar-refractivity contribution in [3.63, 3.8) is 0 Å². The van der Waals surface area contributed by atoms with Gasteiger partial charge >= 0.3 is 0 Å². The molecule has 2 heterocycles. The van der Waals surface area contributed by atoms with Gasteiger partial charge in [0.25, 0.3) is 0 Å². The molecule has 4 heteroatoms. The van der Waals surface area contributed by atoms with E-state index in [1.807, 2.05) is 47.0 Å². The average Bonchev–Trinajstić information content (AvgIpc) is 2.88. The maximum atomic E-state index is 6.01. The van der Waals surface area contributed by atoms with Crippen LogP contribution in [0.2, 0.25) is 5.02 Å². The molecule has 0 saturated heterocycles. The van der Waals surface area contributed by atoms with E-state index >= 15 is 0 Å². The Labute approximate surface area is 129 Å². The molecule has 3 rings (SSSR count). The van der Waals surface area contributed by atoms with Crippen LogP contribution in [0.25, 0.3) is 5.65 Å². The molecule has 0 aliphatic carbocycles. The number of nitrogens with zero attached hydrogens (tertiary/aromatic N) is 2. The highest BCUT2D eigenvalue weighted by atomic mass is 35.5.